The lowest BCUT2D eigenvalue weighted by molar-refractivity contribution is 1.04. The van der Waals surface area contributed by atoms with Crippen molar-refractivity contribution in [3.8, 4) is 0 Å². The molecule has 1 aromatic rings. The van der Waals surface area contributed by atoms with Crippen LogP contribution in [0.25, 0.3) is 20.9 Å². The zero-order valence-corrected chi connectivity index (χ0v) is 7.62. The molecule has 6 nitrogen and oxygen atoms in total. The van der Waals surface area contributed by atoms with Crippen LogP contribution in [0.15, 0.2) is 28.4 Å². The van der Waals surface area contributed by atoms with Crippen molar-refractivity contribution in [2.75, 3.05) is 0 Å². The molecular weight excluding hydrogens is 180 g/mol. The third kappa shape index (κ3) is 2.17. The number of aryl methyl sites for hydroxylation is 1. The third-order valence-corrected chi connectivity index (χ3v) is 1.77. The van der Waals surface area contributed by atoms with E-state index in [0.717, 1.165) is 11.1 Å². The van der Waals surface area contributed by atoms with Crippen molar-refractivity contribution >= 4 is 5.69 Å². The maximum Gasteiger partial charge on any atom is 0.0515 e. The van der Waals surface area contributed by atoms with Gasteiger partial charge in [0.2, 0.25) is 0 Å². The van der Waals surface area contributed by atoms with Gasteiger partial charge in [-0.3, -0.25) is 0 Å². The van der Waals surface area contributed by atoms with Gasteiger partial charge in [0.05, 0.1) is 6.54 Å². The van der Waals surface area contributed by atoms with Gasteiger partial charge in [-0.2, -0.15) is 0 Å². The van der Waals surface area contributed by atoms with Crippen LogP contribution in [0, 0.1) is 6.92 Å². The minimum Gasteiger partial charge on any atom is -0.0893 e. The number of azide groups is 2. The van der Waals surface area contributed by atoms with Gasteiger partial charge >= 0.3 is 0 Å². The van der Waals surface area contributed by atoms with E-state index in [2.05, 4.69) is 20.1 Å². The van der Waals surface area contributed by atoms with E-state index >= 15 is 0 Å². The highest BCUT2D eigenvalue weighted by Crippen LogP contribution is 2.24. The monoisotopic (exact) mass is 188 g/mol. The molecule has 0 unspecified atom stereocenters. The molecule has 0 spiro atoms. The summed E-state index contributed by atoms with van der Waals surface area (Å²) in [6.07, 6.45) is 0. The van der Waals surface area contributed by atoms with E-state index in [4.69, 9.17) is 11.1 Å². The summed E-state index contributed by atoms with van der Waals surface area (Å²) in [6.45, 7) is 2.04. The molecule has 70 valence electrons. The van der Waals surface area contributed by atoms with E-state index in [0.29, 0.717) is 5.69 Å². The second-order valence-corrected chi connectivity index (χ2v) is 2.66. The molecule has 0 aromatic heterocycles. The predicted octanol–water partition coefficient (Wildman–Crippen LogP) is 3.75. The topological polar surface area (TPSA) is 97.5 Å². The molecule has 0 saturated carbocycles. The largest absolute Gasteiger partial charge is 0.0893 e. The molecular formula is C8H8N6. The van der Waals surface area contributed by atoms with E-state index in [1.54, 1.807) is 6.07 Å². The summed E-state index contributed by atoms with van der Waals surface area (Å²) >= 11 is 0. The summed E-state index contributed by atoms with van der Waals surface area (Å²) in [7, 11) is 0. The van der Waals surface area contributed by atoms with Crippen LogP contribution in [0.3, 0.4) is 0 Å². The lowest BCUT2D eigenvalue weighted by Gasteiger charge is -2.03. The van der Waals surface area contributed by atoms with Crippen LogP contribution in [-0.4, -0.2) is 0 Å². The molecule has 0 saturated heterocycles. The maximum absolute atomic E-state index is 8.35. The average Bonchev–Trinajstić information content (AvgIpc) is 2.19. The van der Waals surface area contributed by atoms with Gasteiger partial charge in [-0.1, -0.05) is 28.4 Å². The zero-order valence-electron chi connectivity index (χ0n) is 7.62. The van der Waals surface area contributed by atoms with Crippen LogP contribution in [0.1, 0.15) is 11.1 Å². The Morgan fingerprint density at radius 2 is 2.07 bits per heavy atom. The molecule has 0 radical (unpaired) electrons. The lowest BCUT2D eigenvalue weighted by atomic mass is 10.1. The minimum absolute atomic E-state index is 0.201. The Balaban J connectivity index is 3.19. The van der Waals surface area contributed by atoms with E-state index in [1.165, 1.54) is 0 Å². The minimum atomic E-state index is 0.201. The molecule has 0 N–H and O–H groups in total. The molecule has 0 aliphatic heterocycles. The summed E-state index contributed by atoms with van der Waals surface area (Å²) in [4.78, 5) is 5.38. The molecule has 6 heteroatoms. The van der Waals surface area contributed by atoms with Gasteiger partial charge < -0.3 is 0 Å². The SMILES string of the molecule is Cc1cccc(CN=[N+]=[N-])c1N=[N+]=[N-]. The van der Waals surface area contributed by atoms with Crippen LogP contribution < -0.4 is 0 Å². The summed E-state index contributed by atoms with van der Waals surface area (Å²) in [5, 5.41) is 6.98. The van der Waals surface area contributed by atoms with Gasteiger partial charge in [0, 0.05) is 15.5 Å². The third-order valence-electron chi connectivity index (χ3n) is 1.77. The Morgan fingerprint density at radius 3 is 2.71 bits per heavy atom. The molecule has 0 fully saturated rings. The Kier molecular flexibility index (Phi) is 3.38. The Labute approximate surface area is 80.4 Å². The van der Waals surface area contributed by atoms with E-state index < -0.39 is 0 Å². The first-order valence-corrected chi connectivity index (χ1v) is 3.94. The molecule has 0 aliphatic rings. The number of hydrogen-bond donors (Lipinski definition) is 0. The standard InChI is InChI=1S/C8H8N6/c1-6-3-2-4-7(5-11-13-9)8(6)12-14-10/h2-4H,5H2,1H3. The molecule has 0 atom stereocenters. The Morgan fingerprint density at radius 1 is 1.29 bits per heavy atom. The summed E-state index contributed by atoms with van der Waals surface area (Å²) in [5.41, 5.74) is 18.7. The van der Waals surface area contributed by atoms with Crippen LogP contribution >= 0.6 is 0 Å². The maximum atomic E-state index is 8.35. The van der Waals surface area contributed by atoms with Gasteiger partial charge in [0.1, 0.15) is 0 Å². The van der Waals surface area contributed by atoms with E-state index in [9.17, 15) is 0 Å². The fraction of sp³-hybridized carbons (Fsp3) is 0.250. The van der Waals surface area contributed by atoms with Crippen molar-refractivity contribution in [3.05, 3.63) is 50.2 Å². The normalized spacial score (nSPS) is 8.64. The number of nitrogens with zero attached hydrogens (tertiary/aromatic N) is 6. The van der Waals surface area contributed by atoms with Gasteiger partial charge in [0.15, 0.2) is 0 Å². The molecule has 1 rings (SSSR count). The second kappa shape index (κ2) is 4.77. The summed E-state index contributed by atoms with van der Waals surface area (Å²) < 4.78 is 0. The van der Waals surface area contributed by atoms with Crippen LogP contribution in [0.2, 0.25) is 0 Å². The second-order valence-electron chi connectivity index (χ2n) is 2.66. The smallest absolute Gasteiger partial charge is 0.0515 e. The van der Waals surface area contributed by atoms with Crippen molar-refractivity contribution in [1.82, 2.24) is 0 Å². The lowest BCUT2D eigenvalue weighted by Crippen LogP contribution is -1.83. The molecule has 1 aromatic carbocycles. The van der Waals surface area contributed by atoms with Crippen molar-refractivity contribution in [1.29, 1.82) is 0 Å². The summed E-state index contributed by atoms with van der Waals surface area (Å²) in [5.74, 6) is 0. The fourth-order valence-electron chi connectivity index (χ4n) is 1.14. The first-order chi connectivity index (χ1) is 6.79. The first-order valence-electron chi connectivity index (χ1n) is 3.94. The highest BCUT2D eigenvalue weighted by Gasteiger charge is 2.01. The number of benzene rings is 1. The van der Waals surface area contributed by atoms with Crippen molar-refractivity contribution in [2.45, 2.75) is 13.5 Å². The Hall–Kier alpha value is -2.16. The Bertz CT molecular complexity index is 425. The van der Waals surface area contributed by atoms with Crippen LogP contribution in [0.4, 0.5) is 5.69 Å². The molecule has 14 heavy (non-hydrogen) atoms. The average molecular weight is 188 g/mol. The fourth-order valence-corrected chi connectivity index (χ4v) is 1.14. The zero-order chi connectivity index (χ0) is 10.4. The van der Waals surface area contributed by atoms with Crippen molar-refractivity contribution in [2.24, 2.45) is 10.2 Å². The van der Waals surface area contributed by atoms with Crippen LogP contribution in [-0.2, 0) is 6.54 Å². The van der Waals surface area contributed by atoms with Crippen LogP contribution in [0.5, 0.6) is 0 Å². The molecule has 0 amide bonds. The number of hydrogen-bond acceptors (Lipinski definition) is 2. The highest BCUT2D eigenvalue weighted by molar-refractivity contribution is 5.52. The molecule has 0 heterocycles. The van der Waals surface area contributed by atoms with Gasteiger partial charge in [-0.25, -0.2) is 0 Å². The van der Waals surface area contributed by atoms with Gasteiger partial charge in [-0.05, 0) is 29.1 Å². The van der Waals surface area contributed by atoms with E-state index in [-0.39, 0.29) is 6.54 Å². The van der Waals surface area contributed by atoms with Gasteiger partial charge in [-0.15, -0.1) is 0 Å². The molecule has 0 aliphatic carbocycles. The first kappa shape index (κ1) is 9.92. The summed E-state index contributed by atoms with van der Waals surface area (Å²) in [6, 6.07) is 5.43. The quantitative estimate of drug-likeness (QED) is 0.392. The van der Waals surface area contributed by atoms with E-state index in [1.807, 2.05) is 19.1 Å². The number of rotatable bonds is 3. The van der Waals surface area contributed by atoms with Gasteiger partial charge in [0.25, 0.3) is 0 Å². The highest BCUT2D eigenvalue weighted by atomic mass is 15.1. The van der Waals surface area contributed by atoms with Crippen molar-refractivity contribution in [3.63, 3.8) is 0 Å². The molecule has 0 bridgehead atoms. The van der Waals surface area contributed by atoms with Crippen molar-refractivity contribution < 1.29 is 0 Å². The predicted molar refractivity (Wildman–Crippen MR) is 52.8 cm³/mol.